The van der Waals surface area contributed by atoms with E-state index in [1.54, 1.807) is 35.9 Å². The molecule has 0 aliphatic carbocycles. The molecule has 1 heterocycles. The Hall–Kier alpha value is -0.950. The van der Waals surface area contributed by atoms with Crippen LogP contribution in [0.3, 0.4) is 0 Å². The Morgan fingerprint density at radius 3 is 2.79 bits per heavy atom. The fraction of sp³-hybridized carbons (Fsp3) is 0.500. The third-order valence-electron chi connectivity index (χ3n) is 3.68. The minimum Gasteiger partial charge on any atom is -0.383 e. The fourth-order valence-corrected chi connectivity index (χ4v) is 4.03. The number of methoxy groups -OCH3 is 1. The van der Waals surface area contributed by atoms with E-state index in [1.165, 1.54) is 0 Å². The minimum absolute atomic E-state index is 0.0285. The first-order valence-corrected chi connectivity index (χ1v) is 9.30. The molecule has 5 nitrogen and oxygen atoms in total. The lowest BCUT2D eigenvalue weighted by Crippen LogP contribution is -2.35. The highest BCUT2D eigenvalue weighted by Gasteiger charge is 2.38. The number of thioether (sulfide) groups is 1. The molecular formula is C16H20Cl2N2O3S. The number of rotatable bonds is 7. The highest BCUT2D eigenvalue weighted by Crippen LogP contribution is 2.44. The van der Waals surface area contributed by atoms with E-state index >= 15 is 0 Å². The van der Waals surface area contributed by atoms with E-state index in [4.69, 9.17) is 27.9 Å². The van der Waals surface area contributed by atoms with Crippen LogP contribution in [0.25, 0.3) is 0 Å². The van der Waals surface area contributed by atoms with Gasteiger partial charge in [0.1, 0.15) is 5.37 Å². The Kier molecular flexibility index (Phi) is 7.22. The third kappa shape index (κ3) is 4.79. The first kappa shape index (κ1) is 19.4. The molecule has 0 radical (unpaired) electrons. The van der Waals surface area contributed by atoms with Gasteiger partial charge >= 0.3 is 0 Å². The Labute approximate surface area is 156 Å². The van der Waals surface area contributed by atoms with Crippen LogP contribution in [0.15, 0.2) is 18.2 Å². The summed E-state index contributed by atoms with van der Waals surface area (Å²) in [6.45, 7) is 3.16. The molecule has 1 aromatic carbocycles. The van der Waals surface area contributed by atoms with Crippen molar-refractivity contribution in [3.63, 3.8) is 0 Å². The number of ether oxygens (including phenoxy) is 1. The Bertz CT molecular complexity index is 615. The molecule has 1 aliphatic rings. The number of nitrogens with one attached hydrogen (secondary N) is 1. The molecule has 2 rings (SSSR count). The largest absolute Gasteiger partial charge is 0.383 e. The summed E-state index contributed by atoms with van der Waals surface area (Å²) in [4.78, 5) is 26.0. The van der Waals surface area contributed by atoms with E-state index in [9.17, 15) is 9.59 Å². The second-order valence-electron chi connectivity index (χ2n) is 5.43. The van der Waals surface area contributed by atoms with Gasteiger partial charge in [-0.15, -0.1) is 11.8 Å². The van der Waals surface area contributed by atoms with E-state index in [1.807, 2.05) is 13.0 Å². The summed E-state index contributed by atoms with van der Waals surface area (Å²) in [7, 11) is 1.58. The van der Waals surface area contributed by atoms with Crippen molar-refractivity contribution >= 4 is 46.8 Å². The van der Waals surface area contributed by atoms with Gasteiger partial charge in [0, 0.05) is 26.6 Å². The number of carbonyl (C=O) groups excluding carboxylic acids is 2. The number of nitrogens with zero attached hydrogens (tertiary/aromatic N) is 1. The molecule has 1 aliphatic heterocycles. The van der Waals surface area contributed by atoms with Crippen LogP contribution in [0.4, 0.5) is 0 Å². The summed E-state index contributed by atoms with van der Waals surface area (Å²) in [5, 5.41) is 3.38. The molecule has 2 amide bonds. The predicted molar refractivity (Wildman–Crippen MR) is 97.5 cm³/mol. The first-order valence-electron chi connectivity index (χ1n) is 7.60. The summed E-state index contributed by atoms with van der Waals surface area (Å²) in [6.07, 6.45) is 0.251. The summed E-state index contributed by atoms with van der Waals surface area (Å²) in [5.74, 6) is -0.0712. The standard InChI is InChI=1S/C16H20Cl2N2O3S/c1-10-15(22)20(7-5-14(21)19-6-8-23-2)16(24-10)11-3-4-12(17)13(18)9-11/h3-4,9-10,16H,5-8H2,1-2H3,(H,19,21). The second kappa shape index (κ2) is 8.94. The maximum atomic E-state index is 12.4. The highest BCUT2D eigenvalue weighted by atomic mass is 35.5. The molecule has 0 saturated carbocycles. The summed E-state index contributed by atoms with van der Waals surface area (Å²) < 4.78 is 4.89. The van der Waals surface area contributed by atoms with Crippen LogP contribution in [-0.4, -0.2) is 48.8 Å². The zero-order chi connectivity index (χ0) is 17.7. The fourth-order valence-electron chi connectivity index (χ4n) is 2.43. The highest BCUT2D eigenvalue weighted by molar-refractivity contribution is 8.01. The van der Waals surface area contributed by atoms with Crippen molar-refractivity contribution in [3.05, 3.63) is 33.8 Å². The minimum atomic E-state index is -0.158. The lowest BCUT2D eigenvalue weighted by molar-refractivity contribution is -0.130. The van der Waals surface area contributed by atoms with Crippen LogP contribution in [0.1, 0.15) is 24.3 Å². The normalized spacial score (nSPS) is 20.5. The van der Waals surface area contributed by atoms with E-state index in [-0.39, 0.29) is 28.9 Å². The lowest BCUT2D eigenvalue weighted by atomic mass is 10.2. The molecule has 1 fully saturated rings. The van der Waals surface area contributed by atoms with Crippen molar-refractivity contribution in [2.45, 2.75) is 24.0 Å². The van der Waals surface area contributed by atoms with E-state index in [2.05, 4.69) is 5.32 Å². The average Bonchev–Trinajstić information content (AvgIpc) is 2.83. The maximum Gasteiger partial charge on any atom is 0.236 e. The zero-order valence-electron chi connectivity index (χ0n) is 13.6. The number of halogens is 2. The number of carbonyl (C=O) groups is 2. The molecular weight excluding hydrogens is 371 g/mol. The molecule has 8 heteroatoms. The van der Waals surface area contributed by atoms with E-state index in [0.717, 1.165) is 5.56 Å². The maximum absolute atomic E-state index is 12.4. The quantitative estimate of drug-likeness (QED) is 0.726. The van der Waals surface area contributed by atoms with Gasteiger partial charge in [0.05, 0.1) is 21.9 Å². The molecule has 0 aromatic heterocycles. The van der Waals surface area contributed by atoms with Gasteiger partial charge in [0.15, 0.2) is 0 Å². The van der Waals surface area contributed by atoms with Gasteiger partial charge in [-0.05, 0) is 24.6 Å². The van der Waals surface area contributed by atoms with Gasteiger partial charge in [-0.1, -0.05) is 29.3 Å². The molecule has 0 spiro atoms. The summed E-state index contributed by atoms with van der Waals surface area (Å²) >= 11 is 13.6. The lowest BCUT2D eigenvalue weighted by Gasteiger charge is -2.24. The molecule has 0 bridgehead atoms. The van der Waals surface area contributed by atoms with Crippen LogP contribution in [0.5, 0.6) is 0 Å². The van der Waals surface area contributed by atoms with Crippen molar-refractivity contribution in [1.82, 2.24) is 10.2 Å². The van der Waals surface area contributed by atoms with Crippen molar-refractivity contribution in [3.8, 4) is 0 Å². The Morgan fingerprint density at radius 2 is 2.12 bits per heavy atom. The predicted octanol–water partition coefficient (Wildman–Crippen LogP) is 3.11. The van der Waals surface area contributed by atoms with Gasteiger partial charge in [-0.2, -0.15) is 0 Å². The zero-order valence-corrected chi connectivity index (χ0v) is 15.9. The van der Waals surface area contributed by atoms with Gasteiger partial charge < -0.3 is 15.0 Å². The van der Waals surface area contributed by atoms with Gasteiger partial charge in [0.25, 0.3) is 0 Å². The molecule has 1 aromatic rings. The molecule has 1 N–H and O–H groups in total. The van der Waals surface area contributed by atoms with Crippen LogP contribution in [0.2, 0.25) is 10.0 Å². The van der Waals surface area contributed by atoms with Crippen molar-refractivity contribution < 1.29 is 14.3 Å². The number of hydrogen-bond donors (Lipinski definition) is 1. The second-order valence-corrected chi connectivity index (χ2v) is 7.67. The molecule has 2 atom stereocenters. The van der Waals surface area contributed by atoms with Gasteiger partial charge in [0.2, 0.25) is 11.8 Å². The van der Waals surface area contributed by atoms with E-state index in [0.29, 0.717) is 29.7 Å². The van der Waals surface area contributed by atoms with Crippen LogP contribution < -0.4 is 5.32 Å². The molecule has 24 heavy (non-hydrogen) atoms. The van der Waals surface area contributed by atoms with Crippen LogP contribution >= 0.6 is 35.0 Å². The topological polar surface area (TPSA) is 58.6 Å². The molecule has 132 valence electrons. The number of amides is 2. The van der Waals surface area contributed by atoms with Crippen molar-refractivity contribution in [2.24, 2.45) is 0 Å². The third-order valence-corrected chi connectivity index (χ3v) is 5.82. The Balaban J connectivity index is 2.03. The molecule has 1 saturated heterocycles. The monoisotopic (exact) mass is 390 g/mol. The summed E-state index contributed by atoms with van der Waals surface area (Å²) in [5.41, 5.74) is 0.909. The Morgan fingerprint density at radius 1 is 1.38 bits per heavy atom. The molecule has 2 unspecified atom stereocenters. The first-order chi connectivity index (χ1) is 11.4. The van der Waals surface area contributed by atoms with E-state index < -0.39 is 0 Å². The average molecular weight is 391 g/mol. The van der Waals surface area contributed by atoms with Gasteiger partial charge in [-0.3, -0.25) is 9.59 Å². The van der Waals surface area contributed by atoms with Crippen molar-refractivity contribution in [1.29, 1.82) is 0 Å². The van der Waals surface area contributed by atoms with Crippen LogP contribution in [0, 0.1) is 0 Å². The van der Waals surface area contributed by atoms with Crippen LogP contribution in [-0.2, 0) is 14.3 Å². The van der Waals surface area contributed by atoms with Crippen molar-refractivity contribution in [2.75, 3.05) is 26.8 Å². The smallest absolute Gasteiger partial charge is 0.236 e. The number of benzene rings is 1. The van der Waals surface area contributed by atoms with Gasteiger partial charge in [-0.25, -0.2) is 0 Å². The number of hydrogen-bond acceptors (Lipinski definition) is 4. The SMILES string of the molecule is COCCNC(=O)CCN1C(=O)C(C)SC1c1ccc(Cl)c(Cl)c1. The summed E-state index contributed by atoms with van der Waals surface area (Å²) in [6, 6.07) is 5.37.